The van der Waals surface area contributed by atoms with Crippen molar-refractivity contribution in [3.05, 3.63) is 24.2 Å². The Kier molecular flexibility index (Phi) is 4.43. The van der Waals surface area contributed by atoms with Crippen molar-refractivity contribution in [2.24, 2.45) is 5.41 Å². The predicted molar refractivity (Wildman–Crippen MR) is 83.4 cm³/mol. The van der Waals surface area contributed by atoms with Crippen molar-refractivity contribution in [2.45, 2.75) is 57.6 Å². The molecule has 2 heterocycles. The van der Waals surface area contributed by atoms with Crippen LogP contribution in [-0.2, 0) is 0 Å². The lowest BCUT2D eigenvalue weighted by Gasteiger charge is -2.27. The zero-order chi connectivity index (χ0) is 15.6. The summed E-state index contributed by atoms with van der Waals surface area (Å²) in [6.45, 7) is 3.75. The Morgan fingerprint density at radius 1 is 1.59 bits per heavy atom. The van der Waals surface area contributed by atoms with Gasteiger partial charge in [-0.3, -0.25) is 0 Å². The van der Waals surface area contributed by atoms with E-state index in [1.54, 1.807) is 18.4 Å². The third-order valence-electron chi connectivity index (χ3n) is 5.33. The Bertz CT molecular complexity index is 496. The van der Waals surface area contributed by atoms with Crippen LogP contribution in [0.5, 0.6) is 0 Å². The first-order valence-electron chi connectivity index (χ1n) is 8.39. The Morgan fingerprint density at radius 2 is 2.41 bits per heavy atom. The molecular formula is C17H26N2O3. The average Bonchev–Trinajstić information content (AvgIpc) is 2.94. The molecular weight excluding hydrogens is 280 g/mol. The molecule has 22 heavy (non-hydrogen) atoms. The summed E-state index contributed by atoms with van der Waals surface area (Å²) in [5, 5.41) is 13.3. The summed E-state index contributed by atoms with van der Waals surface area (Å²) in [6.07, 6.45) is 7.00. The average molecular weight is 306 g/mol. The SMILES string of the molecule is CCC1(CNC(=O)N2CCCC2CC(O)c2ccco2)CC1. The van der Waals surface area contributed by atoms with E-state index in [0.29, 0.717) is 17.6 Å². The van der Waals surface area contributed by atoms with E-state index in [9.17, 15) is 9.90 Å². The highest BCUT2D eigenvalue weighted by Crippen LogP contribution is 2.47. The van der Waals surface area contributed by atoms with Gasteiger partial charge in [0.2, 0.25) is 0 Å². The van der Waals surface area contributed by atoms with Gasteiger partial charge in [0.25, 0.3) is 0 Å². The number of urea groups is 1. The number of hydrogen-bond acceptors (Lipinski definition) is 3. The van der Waals surface area contributed by atoms with E-state index in [4.69, 9.17) is 4.42 Å². The van der Waals surface area contributed by atoms with E-state index in [0.717, 1.165) is 32.4 Å². The zero-order valence-corrected chi connectivity index (χ0v) is 13.3. The number of hydrogen-bond donors (Lipinski definition) is 2. The quantitative estimate of drug-likeness (QED) is 0.849. The van der Waals surface area contributed by atoms with Gasteiger partial charge < -0.3 is 19.7 Å². The number of furan rings is 1. The van der Waals surface area contributed by atoms with Gasteiger partial charge in [0.15, 0.2) is 0 Å². The van der Waals surface area contributed by atoms with E-state index < -0.39 is 6.10 Å². The molecule has 3 rings (SSSR count). The Morgan fingerprint density at radius 3 is 3.05 bits per heavy atom. The van der Waals surface area contributed by atoms with Crippen LogP contribution in [0.3, 0.4) is 0 Å². The number of amides is 2. The fourth-order valence-corrected chi connectivity index (χ4v) is 3.40. The molecule has 5 nitrogen and oxygen atoms in total. The summed E-state index contributed by atoms with van der Waals surface area (Å²) >= 11 is 0. The molecule has 0 radical (unpaired) electrons. The molecule has 5 heteroatoms. The van der Waals surface area contributed by atoms with Gasteiger partial charge >= 0.3 is 6.03 Å². The lowest BCUT2D eigenvalue weighted by molar-refractivity contribution is 0.107. The van der Waals surface area contributed by atoms with Gasteiger partial charge in [-0.15, -0.1) is 0 Å². The Balaban J connectivity index is 1.52. The smallest absolute Gasteiger partial charge is 0.317 e. The monoisotopic (exact) mass is 306 g/mol. The maximum absolute atomic E-state index is 12.4. The second kappa shape index (κ2) is 6.32. The zero-order valence-electron chi connectivity index (χ0n) is 13.3. The van der Waals surface area contributed by atoms with Crippen LogP contribution in [0.4, 0.5) is 4.79 Å². The summed E-state index contributed by atoms with van der Waals surface area (Å²) in [6, 6.07) is 3.67. The second-order valence-corrected chi connectivity index (χ2v) is 6.77. The lowest BCUT2D eigenvalue weighted by atomic mass is 10.0. The molecule has 2 amide bonds. The predicted octanol–water partition coefficient (Wildman–Crippen LogP) is 3.07. The van der Waals surface area contributed by atoms with Crippen molar-refractivity contribution >= 4 is 6.03 Å². The van der Waals surface area contributed by atoms with Gasteiger partial charge in [-0.1, -0.05) is 6.92 Å². The maximum atomic E-state index is 12.4. The molecule has 1 saturated heterocycles. The minimum absolute atomic E-state index is 0.0221. The van der Waals surface area contributed by atoms with Crippen LogP contribution >= 0.6 is 0 Å². The molecule has 2 aliphatic rings. The number of nitrogens with one attached hydrogen (secondary N) is 1. The summed E-state index contributed by atoms with van der Waals surface area (Å²) in [5.74, 6) is 0.579. The molecule has 1 saturated carbocycles. The maximum Gasteiger partial charge on any atom is 0.317 e. The molecule has 0 spiro atoms. The summed E-state index contributed by atoms with van der Waals surface area (Å²) < 4.78 is 5.25. The third kappa shape index (κ3) is 3.29. The molecule has 1 aromatic heterocycles. The minimum atomic E-state index is -0.640. The van der Waals surface area contributed by atoms with Gasteiger partial charge in [0.1, 0.15) is 11.9 Å². The molecule has 122 valence electrons. The van der Waals surface area contributed by atoms with Crippen LogP contribution < -0.4 is 5.32 Å². The molecule has 2 atom stereocenters. The van der Waals surface area contributed by atoms with Crippen LogP contribution in [-0.4, -0.2) is 35.2 Å². The molecule has 1 aliphatic heterocycles. The van der Waals surface area contributed by atoms with Crippen LogP contribution in [0.25, 0.3) is 0 Å². The van der Waals surface area contributed by atoms with Crippen molar-refractivity contribution in [1.29, 1.82) is 0 Å². The fourth-order valence-electron chi connectivity index (χ4n) is 3.40. The van der Waals surface area contributed by atoms with Crippen LogP contribution in [0.2, 0.25) is 0 Å². The van der Waals surface area contributed by atoms with E-state index in [2.05, 4.69) is 12.2 Å². The highest BCUT2D eigenvalue weighted by atomic mass is 16.4. The Labute approximate surface area is 131 Å². The van der Waals surface area contributed by atoms with E-state index in [1.165, 1.54) is 12.8 Å². The highest BCUT2D eigenvalue weighted by molar-refractivity contribution is 5.75. The van der Waals surface area contributed by atoms with Gasteiger partial charge in [-0.2, -0.15) is 0 Å². The van der Waals surface area contributed by atoms with Crippen molar-refractivity contribution in [3.63, 3.8) is 0 Å². The Hall–Kier alpha value is -1.49. The number of carbonyl (C=O) groups excluding carboxylic acids is 1. The van der Waals surface area contributed by atoms with Crippen LogP contribution in [0, 0.1) is 5.41 Å². The largest absolute Gasteiger partial charge is 0.467 e. The third-order valence-corrected chi connectivity index (χ3v) is 5.33. The molecule has 2 unspecified atom stereocenters. The lowest BCUT2D eigenvalue weighted by Crippen LogP contribution is -2.45. The van der Waals surface area contributed by atoms with E-state index >= 15 is 0 Å². The first kappa shape index (κ1) is 15.4. The number of aliphatic hydroxyl groups is 1. The van der Waals surface area contributed by atoms with Crippen molar-refractivity contribution in [2.75, 3.05) is 13.1 Å². The molecule has 1 aromatic rings. The van der Waals surface area contributed by atoms with Gasteiger partial charge in [0, 0.05) is 25.6 Å². The second-order valence-electron chi connectivity index (χ2n) is 6.77. The first-order valence-corrected chi connectivity index (χ1v) is 8.39. The molecule has 0 aromatic carbocycles. The molecule has 0 bridgehead atoms. The summed E-state index contributed by atoms with van der Waals surface area (Å²) in [5.41, 5.74) is 0.360. The van der Waals surface area contributed by atoms with Gasteiger partial charge in [-0.25, -0.2) is 4.79 Å². The van der Waals surface area contributed by atoms with Crippen LogP contribution in [0.15, 0.2) is 22.8 Å². The molecule has 1 aliphatic carbocycles. The van der Waals surface area contributed by atoms with Crippen molar-refractivity contribution in [3.8, 4) is 0 Å². The number of carbonyl (C=O) groups is 1. The summed E-state index contributed by atoms with van der Waals surface area (Å²) in [4.78, 5) is 14.3. The van der Waals surface area contributed by atoms with Crippen LogP contribution in [0.1, 0.15) is 57.3 Å². The van der Waals surface area contributed by atoms with E-state index in [1.807, 2.05) is 4.90 Å². The van der Waals surface area contributed by atoms with Gasteiger partial charge in [0.05, 0.1) is 6.26 Å². The highest BCUT2D eigenvalue weighted by Gasteiger charge is 2.41. The van der Waals surface area contributed by atoms with Crippen molar-refractivity contribution < 1.29 is 14.3 Å². The topological polar surface area (TPSA) is 65.7 Å². The number of aliphatic hydroxyl groups excluding tert-OH is 1. The number of nitrogens with zero attached hydrogens (tertiary/aromatic N) is 1. The first-order chi connectivity index (χ1) is 10.6. The van der Waals surface area contributed by atoms with Gasteiger partial charge in [-0.05, 0) is 49.7 Å². The van der Waals surface area contributed by atoms with Crippen molar-refractivity contribution in [1.82, 2.24) is 10.2 Å². The standard InChI is InChI=1S/C17H26N2O3/c1-2-17(7-8-17)12-18-16(21)19-9-3-5-13(19)11-14(20)15-6-4-10-22-15/h4,6,10,13-14,20H,2-3,5,7-9,11-12H2,1H3,(H,18,21). The number of rotatable bonds is 6. The minimum Gasteiger partial charge on any atom is -0.467 e. The van der Waals surface area contributed by atoms with E-state index in [-0.39, 0.29) is 12.1 Å². The summed E-state index contributed by atoms with van der Waals surface area (Å²) in [7, 11) is 0. The molecule has 2 N–H and O–H groups in total. The normalized spacial score (nSPS) is 24.3. The fraction of sp³-hybridized carbons (Fsp3) is 0.706. The molecule has 2 fully saturated rings. The number of likely N-dealkylation sites (tertiary alicyclic amines) is 1.